The van der Waals surface area contributed by atoms with E-state index in [0.29, 0.717) is 11.6 Å². The molecule has 1 rings (SSSR count). The molecular formula is C11H18N2O5S. The lowest BCUT2D eigenvalue weighted by Crippen LogP contribution is -2.48. The predicted octanol–water partition coefficient (Wildman–Crippen LogP) is 0.197. The van der Waals surface area contributed by atoms with E-state index in [-0.39, 0.29) is 19.8 Å². The largest absolute Gasteiger partial charge is 0.465 e. The second kappa shape index (κ2) is 7.88. The molecule has 0 aromatic carbocycles. The quantitative estimate of drug-likeness (QED) is 0.728. The van der Waals surface area contributed by atoms with Crippen LogP contribution in [0.3, 0.4) is 0 Å². The summed E-state index contributed by atoms with van der Waals surface area (Å²) in [4.78, 5) is 36.0. The SMILES string of the molecule is CCOC(=O)CNC(=O)N1CSCC1C(=O)OCC. The molecule has 8 heteroatoms. The van der Waals surface area contributed by atoms with Crippen molar-refractivity contribution >= 4 is 29.7 Å². The zero-order chi connectivity index (χ0) is 14.3. The minimum atomic E-state index is -0.591. The minimum absolute atomic E-state index is 0.205. The van der Waals surface area contributed by atoms with Crippen molar-refractivity contribution in [2.75, 3.05) is 31.4 Å². The molecule has 1 atom stereocenters. The Labute approximate surface area is 116 Å². The van der Waals surface area contributed by atoms with E-state index < -0.39 is 24.0 Å². The van der Waals surface area contributed by atoms with E-state index in [1.165, 1.54) is 16.7 Å². The van der Waals surface area contributed by atoms with Gasteiger partial charge in [0.15, 0.2) is 0 Å². The molecule has 0 spiro atoms. The van der Waals surface area contributed by atoms with Gasteiger partial charge >= 0.3 is 18.0 Å². The van der Waals surface area contributed by atoms with Crippen LogP contribution < -0.4 is 5.32 Å². The number of carbonyl (C=O) groups excluding carboxylic acids is 3. The van der Waals surface area contributed by atoms with Crippen LogP contribution in [-0.2, 0) is 19.1 Å². The Bertz CT molecular complexity index is 350. The van der Waals surface area contributed by atoms with E-state index in [2.05, 4.69) is 5.32 Å². The number of thioether (sulfide) groups is 1. The van der Waals surface area contributed by atoms with Crippen LogP contribution in [0.2, 0.25) is 0 Å². The number of amides is 2. The van der Waals surface area contributed by atoms with Gasteiger partial charge in [0.2, 0.25) is 0 Å². The summed E-state index contributed by atoms with van der Waals surface area (Å²) in [5, 5.41) is 2.43. The number of urea groups is 1. The third-order valence-electron chi connectivity index (χ3n) is 2.39. The molecule has 1 aliphatic rings. The summed E-state index contributed by atoms with van der Waals surface area (Å²) in [5.74, 6) is -0.0155. The Kier molecular flexibility index (Phi) is 6.48. The second-order valence-corrected chi connectivity index (χ2v) is 4.70. The maximum Gasteiger partial charge on any atom is 0.329 e. The van der Waals surface area contributed by atoms with Gasteiger partial charge < -0.3 is 19.7 Å². The fourth-order valence-electron chi connectivity index (χ4n) is 1.54. The maximum absolute atomic E-state index is 11.9. The van der Waals surface area contributed by atoms with Gasteiger partial charge in [-0.05, 0) is 13.8 Å². The van der Waals surface area contributed by atoms with Gasteiger partial charge in [-0.1, -0.05) is 0 Å². The van der Waals surface area contributed by atoms with Crippen molar-refractivity contribution < 1.29 is 23.9 Å². The van der Waals surface area contributed by atoms with E-state index in [0.717, 1.165) is 0 Å². The van der Waals surface area contributed by atoms with Crippen LogP contribution >= 0.6 is 11.8 Å². The minimum Gasteiger partial charge on any atom is -0.465 e. The smallest absolute Gasteiger partial charge is 0.329 e. The molecule has 0 saturated carbocycles. The molecule has 2 amide bonds. The van der Waals surface area contributed by atoms with Crippen molar-refractivity contribution in [3.05, 3.63) is 0 Å². The molecule has 1 fully saturated rings. The van der Waals surface area contributed by atoms with Crippen molar-refractivity contribution in [3.63, 3.8) is 0 Å². The molecule has 108 valence electrons. The topological polar surface area (TPSA) is 84.9 Å². The number of nitrogens with one attached hydrogen (secondary N) is 1. The number of ether oxygens (including phenoxy) is 2. The van der Waals surface area contributed by atoms with Gasteiger partial charge in [-0.2, -0.15) is 0 Å². The number of nitrogens with zero attached hydrogens (tertiary/aromatic N) is 1. The van der Waals surface area contributed by atoms with E-state index in [9.17, 15) is 14.4 Å². The van der Waals surface area contributed by atoms with Crippen molar-refractivity contribution in [3.8, 4) is 0 Å². The number of hydrogen-bond donors (Lipinski definition) is 1. The van der Waals surface area contributed by atoms with E-state index in [4.69, 9.17) is 9.47 Å². The zero-order valence-electron chi connectivity index (χ0n) is 11.0. The normalized spacial score (nSPS) is 18.0. The van der Waals surface area contributed by atoms with Crippen molar-refractivity contribution in [2.45, 2.75) is 19.9 Å². The van der Waals surface area contributed by atoms with Gasteiger partial charge in [0.05, 0.1) is 19.1 Å². The maximum atomic E-state index is 11.9. The highest BCUT2D eigenvalue weighted by Crippen LogP contribution is 2.21. The number of carbonyl (C=O) groups is 3. The molecule has 19 heavy (non-hydrogen) atoms. The van der Waals surface area contributed by atoms with Gasteiger partial charge in [-0.25, -0.2) is 9.59 Å². The van der Waals surface area contributed by atoms with Gasteiger partial charge in [0.25, 0.3) is 0 Å². The van der Waals surface area contributed by atoms with Gasteiger partial charge in [-0.3, -0.25) is 4.79 Å². The number of hydrogen-bond acceptors (Lipinski definition) is 6. The lowest BCUT2D eigenvalue weighted by atomic mass is 10.3. The average Bonchev–Trinajstić information content (AvgIpc) is 2.86. The molecule has 1 heterocycles. The average molecular weight is 290 g/mol. The van der Waals surface area contributed by atoms with Crippen LogP contribution in [0.4, 0.5) is 4.79 Å². The van der Waals surface area contributed by atoms with E-state index >= 15 is 0 Å². The number of rotatable bonds is 5. The molecule has 1 aliphatic heterocycles. The molecular weight excluding hydrogens is 272 g/mol. The highest BCUT2D eigenvalue weighted by atomic mass is 32.2. The van der Waals surface area contributed by atoms with Crippen LogP contribution in [0.15, 0.2) is 0 Å². The third kappa shape index (κ3) is 4.62. The summed E-state index contributed by atoms with van der Waals surface area (Å²) in [6, 6.07) is -1.05. The molecule has 1 unspecified atom stereocenters. The van der Waals surface area contributed by atoms with E-state index in [1.54, 1.807) is 13.8 Å². The second-order valence-electron chi connectivity index (χ2n) is 3.70. The molecule has 1 saturated heterocycles. The fourth-order valence-corrected chi connectivity index (χ4v) is 2.68. The molecule has 0 radical (unpaired) electrons. The highest BCUT2D eigenvalue weighted by Gasteiger charge is 2.35. The zero-order valence-corrected chi connectivity index (χ0v) is 11.8. The monoisotopic (exact) mass is 290 g/mol. The molecule has 1 N–H and O–H groups in total. The van der Waals surface area contributed by atoms with Crippen LogP contribution in [-0.4, -0.2) is 60.3 Å². The van der Waals surface area contributed by atoms with Crippen molar-refractivity contribution in [1.82, 2.24) is 10.2 Å². The van der Waals surface area contributed by atoms with Gasteiger partial charge in [0, 0.05) is 5.75 Å². The standard InChI is InChI=1S/C11H18N2O5S/c1-3-17-9(14)5-12-11(16)13-7-19-6-8(13)10(15)18-4-2/h8H,3-7H2,1-2H3,(H,12,16). The molecule has 0 bridgehead atoms. The number of esters is 2. The molecule has 0 aliphatic carbocycles. The lowest BCUT2D eigenvalue weighted by molar-refractivity contribution is -0.147. The lowest BCUT2D eigenvalue weighted by Gasteiger charge is -2.22. The highest BCUT2D eigenvalue weighted by molar-refractivity contribution is 7.99. The van der Waals surface area contributed by atoms with Crippen LogP contribution in [0, 0.1) is 0 Å². The summed E-state index contributed by atoms with van der Waals surface area (Å²) in [5.41, 5.74) is 0. The van der Waals surface area contributed by atoms with Gasteiger partial charge in [-0.15, -0.1) is 11.8 Å². The molecule has 0 aromatic rings. The first-order valence-corrected chi connectivity index (χ1v) is 7.20. The Balaban J connectivity index is 2.46. The Hall–Kier alpha value is -1.44. The first-order valence-electron chi connectivity index (χ1n) is 6.04. The molecule has 7 nitrogen and oxygen atoms in total. The summed E-state index contributed by atoms with van der Waals surface area (Å²) in [7, 11) is 0. The first-order chi connectivity index (χ1) is 9.10. The van der Waals surface area contributed by atoms with Crippen molar-refractivity contribution in [1.29, 1.82) is 0 Å². The summed E-state index contributed by atoms with van der Waals surface area (Å²) >= 11 is 1.47. The Morgan fingerprint density at radius 1 is 1.26 bits per heavy atom. The summed E-state index contributed by atoms with van der Waals surface area (Å²) in [6.45, 7) is 3.74. The van der Waals surface area contributed by atoms with Gasteiger partial charge in [0.1, 0.15) is 12.6 Å². The molecule has 0 aromatic heterocycles. The fraction of sp³-hybridized carbons (Fsp3) is 0.727. The van der Waals surface area contributed by atoms with E-state index in [1.807, 2.05) is 0 Å². The predicted molar refractivity (Wildman–Crippen MR) is 69.6 cm³/mol. The summed E-state index contributed by atoms with van der Waals surface area (Å²) in [6.07, 6.45) is 0. The Morgan fingerprint density at radius 2 is 1.95 bits per heavy atom. The third-order valence-corrected chi connectivity index (χ3v) is 3.40. The van der Waals surface area contributed by atoms with Crippen molar-refractivity contribution in [2.24, 2.45) is 0 Å². The van der Waals surface area contributed by atoms with Crippen LogP contribution in [0.25, 0.3) is 0 Å². The van der Waals surface area contributed by atoms with Crippen LogP contribution in [0.5, 0.6) is 0 Å². The Morgan fingerprint density at radius 3 is 2.58 bits per heavy atom. The summed E-state index contributed by atoms with van der Waals surface area (Å²) < 4.78 is 9.60. The first kappa shape index (κ1) is 15.6. The van der Waals surface area contributed by atoms with Crippen LogP contribution in [0.1, 0.15) is 13.8 Å².